The number of rotatable bonds is 6. The van der Waals surface area contributed by atoms with Crippen molar-refractivity contribution in [3.05, 3.63) is 29.8 Å². The SMILES string of the molecule is CN(C)CCCNC(=O)C1CC(=O)N(c2cccc(C(F)(F)F)c2)C1. The van der Waals surface area contributed by atoms with E-state index in [4.69, 9.17) is 0 Å². The quantitative estimate of drug-likeness (QED) is 0.794. The monoisotopic (exact) mass is 357 g/mol. The molecule has 1 aliphatic rings. The van der Waals surface area contributed by atoms with E-state index in [1.807, 2.05) is 19.0 Å². The molecule has 1 aromatic carbocycles. The van der Waals surface area contributed by atoms with Crippen molar-refractivity contribution in [2.75, 3.05) is 38.6 Å². The van der Waals surface area contributed by atoms with Gasteiger partial charge in [0.1, 0.15) is 0 Å². The molecule has 1 fully saturated rings. The molecule has 1 unspecified atom stereocenters. The van der Waals surface area contributed by atoms with E-state index in [1.165, 1.54) is 17.0 Å². The molecule has 2 rings (SSSR count). The van der Waals surface area contributed by atoms with E-state index in [-0.39, 0.29) is 30.5 Å². The molecular formula is C17H22F3N3O2. The van der Waals surface area contributed by atoms with E-state index in [1.54, 1.807) is 0 Å². The van der Waals surface area contributed by atoms with Crippen molar-refractivity contribution in [2.45, 2.75) is 19.0 Å². The fourth-order valence-electron chi connectivity index (χ4n) is 2.73. The minimum Gasteiger partial charge on any atom is -0.356 e. The average molecular weight is 357 g/mol. The Morgan fingerprint density at radius 3 is 2.72 bits per heavy atom. The van der Waals surface area contributed by atoms with Crippen LogP contribution in [0.3, 0.4) is 0 Å². The van der Waals surface area contributed by atoms with E-state index in [2.05, 4.69) is 5.32 Å². The van der Waals surface area contributed by atoms with Gasteiger partial charge in [-0.15, -0.1) is 0 Å². The van der Waals surface area contributed by atoms with E-state index in [0.717, 1.165) is 25.1 Å². The summed E-state index contributed by atoms with van der Waals surface area (Å²) in [6.07, 6.45) is -3.67. The molecule has 0 aliphatic carbocycles. The number of alkyl halides is 3. The first-order chi connectivity index (χ1) is 11.7. The van der Waals surface area contributed by atoms with Gasteiger partial charge in [-0.2, -0.15) is 13.2 Å². The van der Waals surface area contributed by atoms with Gasteiger partial charge in [0, 0.05) is 25.2 Å². The van der Waals surface area contributed by atoms with Gasteiger partial charge in [-0.05, 0) is 45.3 Å². The van der Waals surface area contributed by atoms with Gasteiger partial charge in [0.05, 0.1) is 11.5 Å². The number of nitrogens with zero attached hydrogens (tertiary/aromatic N) is 2. The molecular weight excluding hydrogens is 335 g/mol. The first kappa shape index (κ1) is 19.2. The Morgan fingerprint density at radius 1 is 1.36 bits per heavy atom. The molecule has 0 bridgehead atoms. The Labute approximate surface area is 144 Å². The second-order valence-corrected chi connectivity index (χ2v) is 6.40. The minimum absolute atomic E-state index is 0.00968. The summed E-state index contributed by atoms with van der Waals surface area (Å²) >= 11 is 0. The molecule has 0 aromatic heterocycles. The molecule has 0 spiro atoms. The lowest BCUT2D eigenvalue weighted by molar-refractivity contribution is -0.137. The van der Waals surface area contributed by atoms with E-state index >= 15 is 0 Å². The number of benzene rings is 1. The predicted molar refractivity (Wildman–Crippen MR) is 88.1 cm³/mol. The fraction of sp³-hybridized carbons (Fsp3) is 0.529. The number of carbonyl (C=O) groups excluding carboxylic acids is 2. The summed E-state index contributed by atoms with van der Waals surface area (Å²) in [6.45, 7) is 1.44. The number of anilines is 1. The van der Waals surface area contributed by atoms with E-state index < -0.39 is 17.7 Å². The van der Waals surface area contributed by atoms with Gasteiger partial charge in [-0.1, -0.05) is 6.07 Å². The van der Waals surface area contributed by atoms with Crippen LogP contribution in [-0.4, -0.2) is 50.4 Å². The fourth-order valence-corrected chi connectivity index (χ4v) is 2.73. The largest absolute Gasteiger partial charge is 0.416 e. The highest BCUT2D eigenvalue weighted by atomic mass is 19.4. The zero-order valence-electron chi connectivity index (χ0n) is 14.3. The summed E-state index contributed by atoms with van der Waals surface area (Å²) in [5.41, 5.74) is -0.642. The van der Waals surface area contributed by atoms with Gasteiger partial charge >= 0.3 is 6.18 Å². The van der Waals surface area contributed by atoms with Crippen molar-refractivity contribution in [3.63, 3.8) is 0 Å². The molecule has 1 saturated heterocycles. The summed E-state index contributed by atoms with van der Waals surface area (Å²) in [7, 11) is 3.87. The molecule has 1 heterocycles. The highest BCUT2D eigenvalue weighted by molar-refractivity contribution is 6.00. The Morgan fingerprint density at radius 2 is 2.08 bits per heavy atom. The van der Waals surface area contributed by atoms with Crippen LogP contribution in [-0.2, 0) is 15.8 Å². The predicted octanol–water partition coefficient (Wildman–Crippen LogP) is 2.13. The van der Waals surface area contributed by atoms with E-state index in [0.29, 0.717) is 6.54 Å². The standard InChI is InChI=1S/C17H22F3N3O2/c1-22(2)8-4-7-21-16(25)12-9-15(24)23(11-12)14-6-3-5-13(10-14)17(18,19)20/h3,5-6,10,12H,4,7-9,11H2,1-2H3,(H,21,25). The second-order valence-electron chi connectivity index (χ2n) is 6.40. The van der Waals surface area contributed by atoms with Crippen molar-refractivity contribution in [2.24, 2.45) is 5.92 Å². The number of hydrogen-bond donors (Lipinski definition) is 1. The van der Waals surface area contributed by atoms with Gasteiger partial charge in [0.15, 0.2) is 0 Å². The summed E-state index contributed by atoms with van der Waals surface area (Å²) in [6, 6.07) is 4.61. The lowest BCUT2D eigenvalue weighted by Crippen LogP contribution is -2.34. The Bertz CT molecular complexity index is 632. The maximum atomic E-state index is 12.8. The van der Waals surface area contributed by atoms with Crippen LogP contribution in [0.4, 0.5) is 18.9 Å². The van der Waals surface area contributed by atoms with Crippen LogP contribution in [0.5, 0.6) is 0 Å². The van der Waals surface area contributed by atoms with Crippen molar-refractivity contribution in [3.8, 4) is 0 Å². The molecule has 1 aromatic rings. The molecule has 138 valence electrons. The number of amides is 2. The molecule has 5 nitrogen and oxygen atoms in total. The van der Waals surface area contributed by atoms with Gasteiger partial charge in [0.25, 0.3) is 0 Å². The summed E-state index contributed by atoms with van der Waals surface area (Å²) in [5.74, 6) is -1.12. The third kappa shape index (κ3) is 5.19. The van der Waals surface area contributed by atoms with Crippen molar-refractivity contribution >= 4 is 17.5 Å². The molecule has 8 heteroatoms. The van der Waals surface area contributed by atoms with Crippen molar-refractivity contribution in [1.82, 2.24) is 10.2 Å². The van der Waals surface area contributed by atoms with Crippen LogP contribution in [0.2, 0.25) is 0 Å². The molecule has 25 heavy (non-hydrogen) atoms. The van der Waals surface area contributed by atoms with Crippen LogP contribution >= 0.6 is 0 Å². The Kier molecular flexibility index (Phi) is 6.05. The highest BCUT2D eigenvalue weighted by Gasteiger charge is 2.36. The van der Waals surface area contributed by atoms with Crippen molar-refractivity contribution < 1.29 is 22.8 Å². The highest BCUT2D eigenvalue weighted by Crippen LogP contribution is 2.33. The third-order valence-corrected chi connectivity index (χ3v) is 4.06. The van der Waals surface area contributed by atoms with Crippen LogP contribution < -0.4 is 10.2 Å². The molecule has 1 N–H and O–H groups in total. The van der Waals surface area contributed by atoms with E-state index in [9.17, 15) is 22.8 Å². The Hall–Kier alpha value is -2.09. The first-order valence-electron chi connectivity index (χ1n) is 8.08. The van der Waals surface area contributed by atoms with Gasteiger partial charge in [-0.25, -0.2) is 0 Å². The zero-order valence-corrected chi connectivity index (χ0v) is 14.3. The molecule has 1 atom stereocenters. The molecule has 0 radical (unpaired) electrons. The lowest BCUT2D eigenvalue weighted by atomic mass is 10.1. The summed E-state index contributed by atoms with van der Waals surface area (Å²) in [5, 5.41) is 2.78. The minimum atomic E-state index is -4.47. The maximum absolute atomic E-state index is 12.8. The topological polar surface area (TPSA) is 52.7 Å². The van der Waals surface area contributed by atoms with Crippen LogP contribution in [0, 0.1) is 5.92 Å². The molecule has 1 aliphatic heterocycles. The number of nitrogens with one attached hydrogen (secondary N) is 1. The van der Waals surface area contributed by atoms with Crippen LogP contribution in [0.15, 0.2) is 24.3 Å². The maximum Gasteiger partial charge on any atom is 0.416 e. The zero-order chi connectivity index (χ0) is 18.6. The van der Waals surface area contributed by atoms with Crippen molar-refractivity contribution in [1.29, 1.82) is 0 Å². The second kappa shape index (κ2) is 7.86. The molecule has 2 amide bonds. The summed E-state index contributed by atoms with van der Waals surface area (Å²) < 4.78 is 38.4. The Balaban J connectivity index is 1.97. The molecule has 0 saturated carbocycles. The smallest absolute Gasteiger partial charge is 0.356 e. The number of carbonyl (C=O) groups is 2. The van der Waals surface area contributed by atoms with Crippen LogP contribution in [0.25, 0.3) is 0 Å². The van der Waals surface area contributed by atoms with Crippen LogP contribution in [0.1, 0.15) is 18.4 Å². The average Bonchev–Trinajstić information content (AvgIpc) is 2.92. The third-order valence-electron chi connectivity index (χ3n) is 4.06. The van der Waals surface area contributed by atoms with Gasteiger partial charge in [0.2, 0.25) is 11.8 Å². The summed E-state index contributed by atoms with van der Waals surface area (Å²) in [4.78, 5) is 27.5. The van der Waals surface area contributed by atoms with Gasteiger partial charge < -0.3 is 15.1 Å². The van der Waals surface area contributed by atoms with Gasteiger partial charge in [-0.3, -0.25) is 9.59 Å². The first-order valence-corrected chi connectivity index (χ1v) is 8.08. The number of halogens is 3. The number of hydrogen-bond acceptors (Lipinski definition) is 3. The lowest BCUT2D eigenvalue weighted by Gasteiger charge is -2.18. The normalized spacial score (nSPS) is 18.1.